The van der Waals surface area contributed by atoms with Crippen LogP contribution < -0.4 is 0 Å². The minimum Gasteiger partial charge on any atom is -0.465 e. The van der Waals surface area contributed by atoms with E-state index in [0.717, 1.165) is 18.4 Å². The first-order valence-electron chi connectivity index (χ1n) is 7.80. The van der Waals surface area contributed by atoms with Crippen LogP contribution >= 0.6 is 0 Å². The Hall–Kier alpha value is -1.94. The van der Waals surface area contributed by atoms with Crippen LogP contribution in [0.1, 0.15) is 12.6 Å². The molecule has 2 aromatic rings. The third-order valence-corrected chi connectivity index (χ3v) is 6.94. The smallest absolute Gasteiger partial charge is 0.325 e. The second-order valence-electron chi connectivity index (χ2n) is 5.92. The summed E-state index contributed by atoms with van der Waals surface area (Å²) in [6.45, 7) is 3.08. The average molecular weight is 405 g/mol. The molecule has 26 heavy (non-hydrogen) atoms. The lowest BCUT2D eigenvalue weighted by molar-refractivity contribution is -0.143. The number of benzene rings is 1. The molecule has 1 aromatic carbocycles. The number of carbonyl (C=O) groups is 1. The molecule has 2 rings (SSSR count). The Morgan fingerprint density at radius 3 is 2.42 bits per heavy atom. The highest BCUT2D eigenvalue weighted by atomic mass is 32.2. The van der Waals surface area contributed by atoms with Crippen LogP contribution in [0.25, 0.3) is 10.9 Å². The quantitative estimate of drug-likeness (QED) is 0.647. The minimum absolute atomic E-state index is 0.111. The highest BCUT2D eigenvalue weighted by molar-refractivity contribution is 7.95. The molecular formula is C16H20FNO6S2. The summed E-state index contributed by atoms with van der Waals surface area (Å²) in [4.78, 5) is 11.7. The summed E-state index contributed by atoms with van der Waals surface area (Å²) in [5.74, 6) is -2.36. The summed E-state index contributed by atoms with van der Waals surface area (Å²) in [5, 5.41) is 0.111. The Bertz CT molecular complexity index is 1050. The molecule has 0 atom stereocenters. The van der Waals surface area contributed by atoms with Crippen LogP contribution in [0, 0.1) is 12.7 Å². The van der Waals surface area contributed by atoms with E-state index < -0.39 is 43.0 Å². The van der Waals surface area contributed by atoms with Gasteiger partial charge in [-0.3, -0.25) is 4.79 Å². The Morgan fingerprint density at radius 2 is 1.85 bits per heavy atom. The molecule has 0 spiro atoms. The molecule has 0 aliphatic heterocycles. The number of fused-ring (bicyclic) bond motifs is 1. The van der Waals surface area contributed by atoms with Crippen molar-refractivity contribution in [3.63, 3.8) is 0 Å². The number of sulfone groups is 2. The first-order valence-corrected chi connectivity index (χ1v) is 11.5. The normalized spacial score (nSPS) is 12.5. The predicted octanol–water partition coefficient (Wildman–Crippen LogP) is 1.47. The zero-order valence-electron chi connectivity index (χ0n) is 14.7. The minimum atomic E-state index is -4.01. The van der Waals surface area contributed by atoms with Crippen molar-refractivity contribution in [1.29, 1.82) is 0 Å². The van der Waals surface area contributed by atoms with Crippen LogP contribution in [0.3, 0.4) is 0 Å². The molecule has 0 aliphatic carbocycles. The van der Waals surface area contributed by atoms with E-state index in [-0.39, 0.29) is 29.1 Å². The van der Waals surface area contributed by atoms with E-state index >= 15 is 0 Å². The molecule has 7 nitrogen and oxygen atoms in total. The Balaban J connectivity index is 2.64. The summed E-state index contributed by atoms with van der Waals surface area (Å²) in [7, 11) is -7.51. The topological polar surface area (TPSA) is 99.5 Å². The van der Waals surface area contributed by atoms with Crippen molar-refractivity contribution in [1.82, 2.24) is 4.57 Å². The molecular weight excluding hydrogens is 385 g/mol. The van der Waals surface area contributed by atoms with Crippen LogP contribution in [-0.2, 0) is 35.8 Å². The summed E-state index contributed by atoms with van der Waals surface area (Å²) >= 11 is 0. The highest BCUT2D eigenvalue weighted by Gasteiger charge is 2.27. The number of halogens is 1. The van der Waals surface area contributed by atoms with E-state index in [2.05, 4.69) is 0 Å². The van der Waals surface area contributed by atoms with E-state index in [4.69, 9.17) is 4.74 Å². The lowest BCUT2D eigenvalue weighted by atomic mass is 10.2. The number of hydrogen-bond acceptors (Lipinski definition) is 6. The fourth-order valence-electron chi connectivity index (χ4n) is 2.72. The molecule has 144 valence electrons. The monoisotopic (exact) mass is 405 g/mol. The number of esters is 1. The van der Waals surface area contributed by atoms with Crippen LogP contribution in [-0.4, -0.2) is 51.7 Å². The molecule has 0 unspecified atom stereocenters. The molecule has 0 radical (unpaired) electrons. The number of aromatic nitrogens is 1. The number of hydrogen-bond donors (Lipinski definition) is 0. The number of ether oxygens (including phenoxy) is 1. The fraction of sp³-hybridized carbons (Fsp3) is 0.438. The Kier molecular flexibility index (Phi) is 5.76. The van der Waals surface area contributed by atoms with Crippen molar-refractivity contribution < 1.29 is 30.8 Å². The SMILES string of the molecule is CCOC(=O)Cn1c(C)c(S(=O)(=O)CCS(C)(=O)=O)c2cc(F)ccc21. The van der Waals surface area contributed by atoms with E-state index in [9.17, 15) is 26.0 Å². The van der Waals surface area contributed by atoms with Gasteiger partial charge in [-0.1, -0.05) is 0 Å². The maximum absolute atomic E-state index is 13.7. The summed E-state index contributed by atoms with van der Waals surface area (Å²) in [6.07, 6.45) is 0.944. The molecule has 0 saturated heterocycles. The van der Waals surface area contributed by atoms with Gasteiger partial charge in [-0.25, -0.2) is 21.2 Å². The third kappa shape index (κ3) is 4.42. The third-order valence-electron chi connectivity index (χ3n) is 3.85. The van der Waals surface area contributed by atoms with Crippen LogP contribution in [0.2, 0.25) is 0 Å². The van der Waals surface area contributed by atoms with E-state index in [1.165, 1.54) is 17.6 Å². The lowest BCUT2D eigenvalue weighted by Crippen LogP contribution is -2.18. The standard InChI is InChI=1S/C16H20FNO6S2/c1-4-24-15(19)10-18-11(2)16(13-9-12(17)5-6-14(13)18)26(22,23)8-7-25(3,20)21/h5-6,9H,4,7-8,10H2,1-3H3. The Morgan fingerprint density at radius 1 is 1.19 bits per heavy atom. The van der Waals surface area contributed by atoms with Gasteiger partial charge in [-0.2, -0.15) is 0 Å². The van der Waals surface area contributed by atoms with Gasteiger partial charge in [0.25, 0.3) is 0 Å². The second-order valence-corrected chi connectivity index (χ2v) is 10.2. The van der Waals surface area contributed by atoms with E-state index in [1.807, 2.05) is 0 Å². The van der Waals surface area contributed by atoms with Crippen LogP contribution in [0.4, 0.5) is 4.39 Å². The predicted molar refractivity (Wildman–Crippen MR) is 95.0 cm³/mol. The van der Waals surface area contributed by atoms with Crippen LogP contribution in [0.5, 0.6) is 0 Å². The van der Waals surface area contributed by atoms with E-state index in [1.54, 1.807) is 6.92 Å². The molecule has 1 aromatic heterocycles. The Labute approximate surface area is 151 Å². The maximum Gasteiger partial charge on any atom is 0.325 e. The first kappa shape index (κ1) is 20.4. The van der Waals surface area contributed by atoms with Crippen molar-refractivity contribution in [2.75, 3.05) is 24.4 Å². The summed E-state index contributed by atoms with van der Waals surface area (Å²) in [5.41, 5.74) is 0.585. The average Bonchev–Trinajstić information content (AvgIpc) is 2.77. The molecule has 0 bridgehead atoms. The second kappa shape index (κ2) is 7.36. The highest BCUT2D eigenvalue weighted by Crippen LogP contribution is 2.31. The van der Waals surface area contributed by atoms with Gasteiger partial charge in [0.05, 0.1) is 28.5 Å². The fourth-order valence-corrected chi connectivity index (χ4v) is 6.07. The van der Waals surface area contributed by atoms with Crippen molar-refractivity contribution in [2.24, 2.45) is 0 Å². The lowest BCUT2D eigenvalue weighted by Gasteiger charge is -2.08. The van der Waals surface area contributed by atoms with Crippen LogP contribution in [0.15, 0.2) is 23.1 Å². The van der Waals surface area contributed by atoms with Gasteiger partial charge in [0, 0.05) is 17.3 Å². The largest absolute Gasteiger partial charge is 0.465 e. The van der Waals surface area contributed by atoms with Gasteiger partial charge < -0.3 is 9.30 Å². The first-order chi connectivity index (χ1) is 12.0. The summed E-state index contributed by atoms with van der Waals surface area (Å²) < 4.78 is 68.2. The molecule has 1 heterocycles. The molecule has 0 aliphatic rings. The molecule has 0 N–H and O–H groups in total. The van der Waals surface area contributed by atoms with Gasteiger partial charge in [-0.15, -0.1) is 0 Å². The van der Waals surface area contributed by atoms with Crippen molar-refractivity contribution in [3.05, 3.63) is 29.7 Å². The molecule has 0 saturated carbocycles. The van der Waals surface area contributed by atoms with Crippen molar-refractivity contribution in [3.8, 4) is 0 Å². The molecule has 0 amide bonds. The van der Waals surface area contributed by atoms with E-state index in [0.29, 0.717) is 5.52 Å². The van der Waals surface area contributed by atoms with Crippen molar-refractivity contribution >= 4 is 36.5 Å². The number of carbonyl (C=O) groups excluding carboxylic acids is 1. The number of rotatable bonds is 7. The van der Waals surface area contributed by atoms with Gasteiger partial charge in [0.1, 0.15) is 22.2 Å². The molecule has 10 heteroatoms. The zero-order chi connectivity index (χ0) is 19.7. The molecule has 0 fully saturated rings. The maximum atomic E-state index is 13.7. The van der Waals surface area contributed by atoms with Gasteiger partial charge in [-0.05, 0) is 32.0 Å². The van der Waals surface area contributed by atoms with Gasteiger partial charge in [0.2, 0.25) is 0 Å². The number of nitrogens with zero attached hydrogens (tertiary/aromatic N) is 1. The van der Waals surface area contributed by atoms with Gasteiger partial charge >= 0.3 is 5.97 Å². The van der Waals surface area contributed by atoms with Gasteiger partial charge in [0.15, 0.2) is 9.84 Å². The summed E-state index contributed by atoms with van der Waals surface area (Å²) in [6, 6.07) is 3.61. The van der Waals surface area contributed by atoms with Crippen molar-refractivity contribution in [2.45, 2.75) is 25.3 Å². The zero-order valence-corrected chi connectivity index (χ0v) is 16.3.